The molecule has 1 heterocycles. The maximum atomic E-state index is 11.8. The van der Waals surface area contributed by atoms with Crippen molar-refractivity contribution in [1.82, 2.24) is 10.2 Å². The standard InChI is InChI=1S/C16H22BrClN2O2/c1-16(2,3)22-15(21)19-12-7-8-20(10-12)9-11-5-4-6-13(18)14(11)17/h4-6,12H,7-10H2,1-3H3,(H,19,21). The minimum absolute atomic E-state index is 0.132. The second-order valence-electron chi connectivity index (χ2n) is 6.58. The fourth-order valence-electron chi connectivity index (χ4n) is 2.48. The number of hydrogen-bond acceptors (Lipinski definition) is 3. The second-order valence-corrected chi connectivity index (χ2v) is 7.78. The maximum Gasteiger partial charge on any atom is 0.407 e. The Bertz CT molecular complexity index is 545. The van der Waals surface area contributed by atoms with Crippen LogP contribution in [0.15, 0.2) is 22.7 Å². The number of nitrogens with one attached hydrogen (secondary N) is 1. The van der Waals surface area contributed by atoms with Crippen molar-refractivity contribution in [2.45, 2.75) is 45.4 Å². The van der Waals surface area contributed by atoms with Crippen LogP contribution in [0.4, 0.5) is 4.79 Å². The molecule has 0 bridgehead atoms. The van der Waals surface area contributed by atoms with Crippen LogP contribution in [0.5, 0.6) is 0 Å². The Labute approximate surface area is 145 Å². The van der Waals surface area contributed by atoms with Gasteiger partial charge in [-0.05, 0) is 54.8 Å². The largest absolute Gasteiger partial charge is 0.444 e. The van der Waals surface area contributed by atoms with Crippen LogP contribution in [-0.2, 0) is 11.3 Å². The lowest BCUT2D eigenvalue weighted by Crippen LogP contribution is -2.40. The van der Waals surface area contributed by atoms with Crippen molar-refractivity contribution in [3.63, 3.8) is 0 Å². The van der Waals surface area contributed by atoms with Crippen molar-refractivity contribution in [3.05, 3.63) is 33.3 Å². The third-order valence-electron chi connectivity index (χ3n) is 3.42. The van der Waals surface area contributed by atoms with Gasteiger partial charge in [-0.25, -0.2) is 4.79 Å². The van der Waals surface area contributed by atoms with E-state index in [9.17, 15) is 4.79 Å². The minimum atomic E-state index is -0.464. The molecule has 1 aromatic rings. The fraction of sp³-hybridized carbons (Fsp3) is 0.562. The first-order valence-electron chi connectivity index (χ1n) is 7.39. The lowest BCUT2D eigenvalue weighted by molar-refractivity contribution is 0.0506. The van der Waals surface area contributed by atoms with E-state index >= 15 is 0 Å². The summed E-state index contributed by atoms with van der Waals surface area (Å²) >= 11 is 9.65. The molecule has 0 saturated carbocycles. The van der Waals surface area contributed by atoms with Crippen molar-refractivity contribution in [2.75, 3.05) is 13.1 Å². The normalized spacial score (nSPS) is 19.2. The van der Waals surface area contributed by atoms with Gasteiger partial charge in [0, 0.05) is 30.1 Å². The Morgan fingerprint density at radius 1 is 1.50 bits per heavy atom. The Morgan fingerprint density at radius 3 is 2.91 bits per heavy atom. The van der Waals surface area contributed by atoms with Crippen molar-refractivity contribution < 1.29 is 9.53 Å². The molecule has 4 nitrogen and oxygen atoms in total. The molecular formula is C16H22BrClN2O2. The van der Waals surface area contributed by atoms with Gasteiger partial charge in [0.05, 0.1) is 5.02 Å². The Hall–Kier alpha value is -0.780. The lowest BCUT2D eigenvalue weighted by Gasteiger charge is -2.22. The zero-order valence-corrected chi connectivity index (χ0v) is 15.5. The summed E-state index contributed by atoms with van der Waals surface area (Å²) in [5, 5.41) is 3.66. The van der Waals surface area contributed by atoms with E-state index in [1.165, 1.54) is 0 Å². The van der Waals surface area contributed by atoms with Crippen molar-refractivity contribution >= 4 is 33.6 Å². The van der Waals surface area contributed by atoms with Gasteiger partial charge < -0.3 is 10.1 Å². The van der Waals surface area contributed by atoms with Gasteiger partial charge in [-0.15, -0.1) is 0 Å². The molecule has 1 amide bonds. The average Bonchev–Trinajstić information content (AvgIpc) is 2.80. The van der Waals surface area contributed by atoms with Crippen LogP contribution in [0, 0.1) is 0 Å². The molecule has 0 spiro atoms. The van der Waals surface area contributed by atoms with Crippen LogP contribution in [-0.4, -0.2) is 35.7 Å². The van der Waals surface area contributed by atoms with Gasteiger partial charge in [0.1, 0.15) is 5.60 Å². The topological polar surface area (TPSA) is 41.6 Å². The van der Waals surface area contributed by atoms with E-state index in [2.05, 4.69) is 32.2 Å². The number of benzene rings is 1. The van der Waals surface area contributed by atoms with Gasteiger partial charge in [-0.2, -0.15) is 0 Å². The van der Waals surface area contributed by atoms with Gasteiger partial charge in [-0.1, -0.05) is 23.7 Å². The number of halogens is 2. The highest BCUT2D eigenvalue weighted by atomic mass is 79.9. The van der Waals surface area contributed by atoms with E-state index in [4.69, 9.17) is 16.3 Å². The van der Waals surface area contributed by atoms with Gasteiger partial charge in [0.25, 0.3) is 0 Å². The smallest absolute Gasteiger partial charge is 0.407 e. The Kier molecular flexibility index (Phi) is 5.75. The summed E-state index contributed by atoms with van der Waals surface area (Å²) in [7, 11) is 0. The highest BCUT2D eigenvalue weighted by Crippen LogP contribution is 2.28. The molecule has 0 aromatic heterocycles. The van der Waals surface area contributed by atoms with Gasteiger partial charge in [0.15, 0.2) is 0 Å². The van der Waals surface area contributed by atoms with E-state index in [1.54, 1.807) is 0 Å². The molecule has 6 heteroatoms. The number of nitrogens with zero attached hydrogens (tertiary/aromatic N) is 1. The summed E-state index contributed by atoms with van der Waals surface area (Å²) in [4.78, 5) is 14.1. The lowest BCUT2D eigenvalue weighted by atomic mass is 10.2. The molecule has 0 radical (unpaired) electrons. The molecule has 1 atom stereocenters. The summed E-state index contributed by atoms with van der Waals surface area (Å²) in [5.41, 5.74) is 0.694. The van der Waals surface area contributed by atoms with Gasteiger partial charge in [-0.3, -0.25) is 4.90 Å². The first-order chi connectivity index (χ1) is 10.2. The number of ether oxygens (including phenoxy) is 1. The van der Waals surface area contributed by atoms with E-state index in [1.807, 2.05) is 32.9 Å². The molecule has 122 valence electrons. The summed E-state index contributed by atoms with van der Waals surface area (Å²) in [5.74, 6) is 0. The molecule has 1 aliphatic rings. The van der Waals surface area contributed by atoms with Crippen LogP contribution in [0.2, 0.25) is 5.02 Å². The summed E-state index contributed by atoms with van der Waals surface area (Å²) in [6, 6.07) is 6.01. The molecule has 1 aromatic carbocycles. The summed E-state index contributed by atoms with van der Waals surface area (Å²) < 4.78 is 6.24. The SMILES string of the molecule is CC(C)(C)OC(=O)NC1CCN(Cc2cccc(Cl)c2Br)C1. The summed E-state index contributed by atoms with van der Waals surface area (Å²) in [6.45, 7) is 8.17. The van der Waals surface area contributed by atoms with E-state index < -0.39 is 5.60 Å². The van der Waals surface area contributed by atoms with E-state index in [-0.39, 0.29) is 12.1 Å². The predicted molar refractivity (Wildman–Crippen MR) is 92.2 cm³/mol. The third-order valence-corrected chi connectivity index (χ3v) is 4.90. The number of likely N-dealkylation sites (tertiary alicyclic amines) is 1. The van der Waals surface area contributed by atoms with Crippen LogP contribution in [0.25, 0.3) is 0 Å². The first kappa shape index (κ1) is 17.6. The Balaban J connectivity index is 1.85. The van der Waals surface area contributed by atoms with Crippen molar-refractivity contribution in [1.29, 1.82) is 0 Å². The quantitative estimate of drug-likeness (QED) is 0.842. The molecule has 1 fully saturated rings. The minimum Gasteiger partial charge on any atom is -0.444 e. The first-order valence-corrected chi connectivity index (χ1v) is 8.56. The maximum absolute atomic E-state index is 11.8. The Morgan fingerprint density at radius 2 is 2.23 bits per heavy atom. The van der Waals surface area contributed by atoms with E-state index in [0.717, 1.165) is 41.1 Å². The van der Waals surface area contributed by atoms with E-state index in [0.29, 0.717) is 0 Å². The van der Waals surface area contributed by atoms with Gasteiger partial charge in [0.2, 0.25) is 0 Å². The monoisotopic (exact) mass is 388 g/mol. The van der Waals surface area contributed by atoms with Gasteiger partial charge >= 0.3 is 6.09 Å². The predicted octanol–water partition coefficient (Wildman–Crippen LogP) is 4.20. The van der Waals surface area contributed by atoms with Crippen LogP contribution in [0.3, 0.4) is 0 Å². The number of hydrogen-bond donors (Lipinski definition) is 1. The number of carbonyl (C=O) groups excluding carboxylic acids is 1. The number of carbonyl (C=O) groups is 1. The zero-order valence-electron chi connectivity index (χ0n) is 13.2. The van der Waals surface area contributed by atoms with Crippen molar-refractivity contribution in [2.24, 2.45) is 0 Å². The molecule has 22 heavy (non-hydrogen) atoms. The molecular weight excluding hydrogens is 368 g/mol. The zero-order chi connectivity index (χ0) is 16.3. The average molecular weight is 390 g/mol. The second kappa shape index (κ2) is 7.20. The van der Waals surface area contributed by atoms with Crippen LogP contribution < -0.4 is 5.32 Å². The van der Waals surface area contributed by atoms with Crippen LogP contribution >= 0.6 is 27.5 Å². The van der Waals surface area contributed by atoms with Crippen LogP contribution in [0.1, 0.15) is 32.8 Å². The number of alkyl carbamates (subject to hydrolysis) is 1. The van der Waals surface area contributed by atoms with Crippen molar-refractivity contribution in [3.8, 4) is 0 Å². The number of rotatable bonds is 3. The fourth-order valence-corrected chi connectivity index (χ4v) is 3.06. The summed E-state index contributed by atoms with van der Waals surface area (Å²) in [6.07, 6.45) is 0.584. The molecule has 1 unspecified atom stereocenters. The highest BCUT2D eigenvalue weighted by Gasteiger charge is 2.26. The molecule has 1 aliphatic heterocycles. The molecule has 2 rings (SSSR count). The molecule has 1 saturated heterocycles. The molecule has 1 N–H and O–H groups in total. The molecule has 0 aliphatic carbocycles. The number of amides is 1. The highest BCUT2D eigenvalue weighted by molar-refractivity contribution is 9.10. The third kappa shape index (κ3) is 5.14.